The fraction of sp³-hybridized carbons (Fsp3) is 0.381. The number of rotatable bonds is 5. The summed E-state index contributed by atoms with van der Waals surface area (Å²) >= 11 is 12.1. The van der Waals surface area contributed by atoms with E-state index in [1.165, 1.54) is 0 Å². The van der Waals surface area contributed by atoms with Gasteiger partial charge in [0, 0.05) is 41.6 Å². The lowest BCUT2D eigenvalue weighted by atomic mass is 9.95. The van der Waals surface area contributed by atoms with Gasteiger partial charge in [0.05, 0.1) is 18.0 Å². The van der Waals surface area contributed by atoms with Crippen LogP contribution in [0.3, 0.4) is 0 Å². The van der Waals surface area contributed by atoms with Crippen molar-refractivity contribution in [3.05, 3.63) is 46.8 Å². The molecule has 1 aliphatic heterocycles. The Morgan fingerprint density at radius 1 is 1.30 bits per heavy atom. The number of likely N-dealkylation sites (N-methyl/N-ethyl adjacent to an activating group) is 1. The molecule has 0 spiro atoms. The van der Waals surface area contributed by atoms with Crippen LogP contribution in [0.5, 0.6) is 0 Å². The second-order valence-corrected chi connectivity index (χ2v) is 8.47. The van der Waals surface area contributed by atoms with Crippen LogP contribution >= 0.6 is 23.2 Å². The molecule has 158 valence electrons. The van der Waals surface area contributed by atoms with Gasteiger partial charge in [0.1, 0.15) is 17.8 Å². The first-order chi connectivity index (χ1) is 14.4. The first kappa shape index (κ1) is 20.8. The van der Waals surface area contributed by atoms with E-state index in [1.54, 1.807) is 24.5 Å². The molecule has 0 saturated carbocycles. The maximum Gasteiger partial charge on any atom is 0.242 e. The van der Waals surface area contributed by atoms with Crippen molar-refractivity contribution in [3.8, 4) is 0 Å². The number of piperidine rings is 1. The Hall–Kier alpha value is -2.51. The number of fused-ring (bicyclic) bond motifs is 1. The highest BCUT2D eigenvalue weighted by molar-refractivity contribution is 6.35. The molecular weight excluding hydrogens is 423 g/mol. The van der Waals surface area contributed by atoms with E-state index in [-0.39, 0.29) is 24.5 Å². The third-order valence-corrected chi connectivity index (χ3v) is 6.17. The zero-order valence-electron chi connectivity index (χ0n) is 16.9. The number of anilines is 2. The highest BCUT2D eigenvalue weighted by Gasteiger charge is 2.34. The predicted octanol–water partition coefficient (Wildman–Crippen LogP) is 4.19. The molecule has 1 aliphatic rings. The Kier molecular flexibility index (Phi) is 6.01. The number of hydrogen-bond donors (Lipinski definition) is 2. The molecule has 0 bridgehead atoms. The molecule has 1 fully saturated rings. The summed E-state index contributed by atoms with van der Waals surface area (Å²) in [4.78, 5) is 29.0. The summed E-state index contributed by atoms with van der Waals surface area (Å²) in [5, 5.41) is 5.19. The van der Waals surface area contributed by atoms with Crippen molar-refractivity contribution in [1.82, 2.24) is 19.9 Å². The summed E-state index contributed by atoms with van der Waals surface area (Å²) in [6.45, 7) is 3.03. The van der Waals surface area contributed by atoms with E-state index in [2.05, 4.69) is 32.1 Å². The van der Waals surface area contributed by atoms with E-state index in [9.17, 15) is 4.79 Å². The van der Waals surface area contributed by atoms with E-state index >= 15 is 0 Å². The largest absolute Gasteiger partial charge is 0.376 e. The number of likely N-dealkylation sites (tertiary alicyclic amines) is 1. The van der Waals surface area contributed by atoms with Crippen LogP contribution in [-0.4, -0.2) is 58.0 Å². The van der Waals surface area contributed by atoms with Crippen LogP contribution < -0.4 is 10.2 Å². The summed E-state index contributed by atoms with van der Waals surface area (Å²) in [6, 6.07) is 7.37. The van der Waals surface area contributed by atoms with E-state index in [0.717, 1.165) is 41.9 Å². The standard InChI is InChI=1S/C21H24Cl2N6O/c1-13-18(28(2)21-17-5-6-24-20(17)26-12-27-21)4-3-7-29(13)19(30)11-25-16-9-14(22)8-15(23)10-16/h5-6,8-10,12-13,18,25H,3-4,7,11H2,1-2H3,(H,24,26,27). The van der Waals surface area contributed by atoms with Gasteiger partial charge in [-0.3, -0.25) is 4.79 Å². The molecule has 0 radical (unpaired) electrons. The minimum absolute atomic E-state index is 0.0463. The number of carbonyl (C=O) groups excluding carboxylic acids is 1. The highest BCUT2D eigenvalue weighted by atomic mass is 35.5. The van der Waals surface area contributed by atoms with E-state index < -0.39 is 0 Å². The molecule has 4 rings (SSSR count). The SMILES string of the molecule is CC1C(N(C)c2ncnc3[nH]ccc23)CCCN1C(=O)CNc1cc(Cl)cc(Cl)c1. The van der Waals surface area contributed by atoms with Crippen molar-refractivity contribution >= 4 is 51.6 Å². The number of H-pyrrole nitrogens is 1. The van der Waals surface area contributed by atoms with Crippen molar-refractivity contribution in [2.45, 2.75) is 31.8 Å². The lowest BCUT2D eigenvalue weighted by molar-refractivity contribution is -0.132. The molecule has 1 amide bonds. The van der Waals surface area contributed by atoms with Gasteiger partial charge in [0.2, 0.25) is 5.91 Å². The number of nitrogens with one attached hydrogen (secondary N) is 2. The number of amides is 1. The molecule has 1 aromatic carbocycles. The van der Waals surface area contributed by atoms with Gasteiger partial charge in [0.25, 0.3) is 0 Å². The van der Waals surface area contributed by atoms with Crippen LogP contribution in [0.4, 0.5) is 11.5 Å². The average molecular weight is 447 g/mol. The quantitative estimate of drug-likeness (QED) is 0.614. The molecule has 9 heteroatoms. The second kappa shape index (κ2) is 8.70. The molecule has 1 saturated heterocycles. The fourth-order valence-corrected chi connectivity index (χ4v) is 4.75. The Balaban J connectivity index is 1.46. The van der Waals surface area contributed by atoms with Crippen LogP contribution in [-0.2, 0) is 4.79 Å². The van der Waals surface area contributed by atoms with Crippen LogP contribution in [0.25, 0.3) is 11.0 Å². The van der Waals surface area contributed by atoms with Gasteiger partial charge in [-0.25, -0.2) is 9.97 Å². The Bertz CT molecular complexity index is 1030. The predicted molar refractivity (Wildman–Crippen MR) is 121 cm³/mol. The number of halogens is 2. The molecular formula is C21H24Cl2N6O. The molecule has 2 N–H and O–H groups in total. The minimum atomic E-state index is 0.0463. The number of carbonyl (C=O) groups is 1. The zero-order valence-corrected chi connectivity index (χ0v) is 18.4. The van der Waals surface area contributed by atoms with Crippen molar-refractivity contribution in [1.29, 1.82) is 0 Å². The Morgan fingerprint density at radius 3 is 2.83 bits per heavy atom. The first-order valence-corrected chi connectivity index (χ1v) is 10.7. The van der Waals surface area contributed by atoms with Crippen molar-refractivity contribution in [2.24, 2.45) is 0 Å². The summed E-state index contributed by atoms with van der Waals surface area (Å²) in [6.07, 6.45) is 5.37. The highest BCUT2D eigenvalue weighted by Crippen LogP contribution is 2.29. The van der Waals surface area contributed by atoms with Crippen molar-refractivity contribution < 1.29 is 4.79 Å². The number of aromatic amines is 1. The maximum atomic E-state index is 13.0. The number of nitrogens with zero attached hydrogens (tertiary/aromatic N) is 4. The maximum absolute atomic E-state index is 13.0. The molecule has 3 heterocycles. The van der Waals surface area contributed by atoms with Gasteiger partial charge in [-0.1, -0.05) is 23.2 Å². The third kappa shape index (κ3) is 4.18. The van der Waals surface area contributed by atoms with Gasteiger partial charge in [-0.15, -0.1) is 0 Å². The topological polar surface area (TPSA) is 77.2 Å². The number of hydrogen-bond acceptors (Lipinski definition) is 5. The van der Waals surface area contributed by atoms with Gasteiger partial charge in [-0.2, -0.15) is 0 Å². The average Bonchev–Trinajstić information content (AvgIpc) is 3.20. The van der Waals surface area contributed by atoms with Crippen LogP contribution in [0.2, 0.25) is 10.0 Å². The van der Waals surface area contributed by atoms with E-state index in [4.69, 9.17) is 23.2 Å². The molecule has 2 unspecified atom stereocenters. The molecule has 30 heavy (non-hydrogen) atoms. The van der Waals surface area contributed by atoms with Crippen molar-refractivity contribution in [2.75, 3.05) is 30.4 Å². The normalized spacial score (nSPS) is 19.1. The zero-order chi connectivity index (χ0) is 21.3. The lowest BCUT2D eigenvalue weighted by Gasteiger charge is -2.44. The Labute approximate surface area is 185 Å². The number of benzene rings is 1. The van der Waals surface area contributed by atoms with Gasteiger partial charge in [0.15, 0.2) is 0 Å². The third-order valence-electron chi connectivity index (χ3n) is 5.74. The molecule has 0 aliphatic carbocycles. The summed E-state index contributed by atoms with van der Waals surface area (Å²) in [5.41, 5.74) is 1.54. The first-order valence-electron chi connectivity index (χ1n) is 9.94. The summed E-state index contributed by atoms with van der Waals surface area (Å²) in [5.74, 6) is 0.922. The van der Waals surface area contributed by atoms with E-state index in [1.807, 2.05) is 24.2 Å². The van der Waals surface area contributed by atoms with Crippen LogP contribution in [0.1, 0.15) is 19.8 Å². The second-order valence-electron chi connectivity index (χ2n) is 7.60. The fourth-order valence-electron chi connectivity index (χ4n) is 4.22. The van der Waals surface area contributed by atoms with Gasteiger partial charge in [-0.05, 0) is 44.0 Å². The van der Waals surface area contributed by atoms with E-state index in [0.29, 0.717) is 10.0 Å². The Morgan fingerprint density at radius 2 is 2.07 bits per heavy atom. The summed E-state index contributed by atoms with van der Waals surface area (Å²) < 4.78 is 0. The van der Waals surface area contributed by atoms with Crippen LogP contribution in [0, 0.1) is 0 Å². The molecule has 7 nitrogen and oxygen atoms in total. The van der Waals surface area contributed by atoms with Crippen LogP contribution in [0.15, 0.2) is 36.8 Å². The summed E-state index contributed by atoms with van der Waals surface area (Å²) in [7, 11) is 2.04. The number of aromatic nitrogens is 3. The molecule has 2 atom stereocenters. The van der Waals surface area contributed by atoms with Gasteiger partial charge < -0.3 is 20.1 Å². The smallest absolute Gasteiger partial charge is 0.242 e. The van der Waals surface area contributed by atoms with Crippen molar-refractivity contribution in [3.63, 3.8) is 0 Å². The van der Waals surface area contributed by atoms with Gasteiger partial charge >= 0.3 is 0 Å². The minimum Gasteiger partial charge on any atom is -0.376 e. The molecule has 3 aromatic rings. The molecule has 2 aromatic heterocycles. The monoisotopic (exact) mass is 446 g/mol. The lowest BCUT2D eigenvalue weighted by Crippen LogP contribution is -2.56.